The van der Waals surface area contributed by atoms with E-state index in [0.29, 0.717) is 11.9 Å². The molecule has 2 aromatic heterocycles. The van der Waals surface area contributed by atoms with Crippen molar-refractivity contribution in [3.8, 4) is 11.4 Å². The predicted molar refractivity (Wildman–Crippen MR) is 77.4 cm³/mol. The highest BCUT2D eigenvalue weighted by Gasteiger charge is 2.22. The quantitative estimate of drug-likeness (QED) is 0.646. The predicted octanol–water partition coefficient (Wildman–Crippen LogP) is 0.963. The number of rotatable bonds is 1. The molecule has 0 saturated heterocycles. The maximum Gasteiger partial charge on any atom is 0.254 e. The Balaban J connectivity index is 2.38. The summed E-state index contributed by atoms with van der Waals surface area (Å²) in [7, 11) is 0. The van der Waals surface area contributed by atoms with Gasteiger partial charge < -0.3 is 4.57 Å². The van der Waals surface area contributed by atoms with Crippen molar-refractivity contribution in [1.82, 2.24) is 9.55 Å². The van der Waals surface area contributed by atoms with Gasteiger partial charge in [-0.3, -0.25) is 4.79 Å². The summed E-state index contributed by atoms with van der Waals surface area (Å²) >= 11 is 0. The monoisotopic (exact) mass is 252 g/mol. The minimum Gasteiger partial charge on any atom is -0.302 e. The van der Waals surface area contributed by atoms with Crippen LogP contribution in [0.3, 0.4) is 0 Å². The molecule has 96 valence electrons. The molecular weight excluding hydrogens is 236 g/mol. The Bertz CT molecular complexity index is 847. The first-order valence-electron chi connectivity index (χ1n) is 6.44. The molecule has 1 aliphatic heterocycles. The van der Waals surface area contributed by atoms with Crippen molar-refractivity contribution in [2.75, 3.05) is 0 Å². The van der Waals surface area contributed by atoms with E-state index in [1.54, 1.807) is 0 Å². The van der Waals surface area contributed by atoms with Crippen molar-refractivity contribution in [2.24, 2.45) is 0 Å². The molecule has 2 aromatic rings. The van der Waals surface area contributed by atoms with Crippen molar-refractivity contribution in [3.05, 3.63) is 49.7 Å². The van der Waals surface area contributed by atoms with Gasteiger partial charge >= 0.3 is 0 Å². The van der Waals surface area contributed by atoms with Crippen LogP contribution in [0.1, 0.15) is 23.6 Å². The third kappa shape index (κ3) is 1.58. The third-order valence-electron chi connectivity index (χ3n) is 3.82. The topological polar surface area (TPSA) is 34.9 Å². The van der Waals surface area contributed by atoms with E-state index < -0.39 is 0 Å². The van der Waals surface area contributed by atoms with E-state index in [0.717, 1.165) is 39.7 Å². The average molecular weight is 252 g/mol. The van der Waals surface area contributed by atoms with Gasteiger partial charge in [-0.2, -0.15) is 0 Å². The molecule has 0 fully saturated rings. The van der Waals surface area contributed by atoms with Crippen LogP contribution >= 0.6 is 0 Å². The van der Waals surface area contributed by atoms with E-state index in [-0.39, 0.29) is 5.56 Å². The number of fused-ring (bicyclic) bond motifs is 3. The van der Waals surface area contributed by atoms with Crippen molar-refractivity contribution < 1.29 is 0 Å². The van der Waals surface area contributed by atoms with E-state index in [9.17, 15) is 4.79 Å². The molecule has 0 bridgehead atoms. The summed E-state index contributed by atoms with van der Waals surface area (Å²) in [4.78, 5) is 17.0. The number of hydrogen-bond donors (Lipinski definition) is 0. The van der Waals surface area contributed by atoms with Gasteiger partial charge in [-0.25, -0.2) is 4.98 Å². The Kier molecular flexibility index (Phi) is 2.45. The first-order valence-corrected chi connectivity index (χ1v) is 6.44. The highest BCUT2D eigenvalue weighted by molar-refractivity contribution is 5.65. The molecule has 3 nitrogen and oxygen atoms in total. The highest BCUT2D eigenvalue weighted by Crippen LogP contribution is 2.27. The standard InChI is InChI=1S/C16H16N2O/c1-5-13-10(3)7-14-15-12(8-18(14)16(13)19)6-9(2)11(4)17-15/h6-7H,2,4-5,8H2,1,3H3. The van der Waals surface area contributed by atoms with E-state index in [2.05, 4.69) is 24.2 Å². The van der Waals surface area contributed by atoms with Gasteiger partial charge in [0.1, 0.15) is 0 Å². The summed E-state index contributed by atoms with van der Waals surface area (Å²) in [5.74, 6) is 0. The summed E-state index contributed by atoms with van der Waals surface area (Å²) in [6.07, 6.45) is 0.760. The molecule has 0 aliphatic carbocycles. The second-order valence-corrected chi connectivity index (χ2v) is 5.04. The van der Waals surface area contributed by atoms with E-state index in [4.69, 9.17) is 0 Å². The second kappa shape index (κ2) is 3.92. The zero-order valence-corrected chi connectivity index (χ0v) is 11.3. The maximum atomic E-state index is 12.5. The molecule has 0 N–H and O–H groups in total. The molecule has 0 amide bonds. The molecule has 0 saturated carbocycles. The Morgan fingerprint density at radius 1 is 1.37 bits per heavy atom. The van der Waals surface area contributed by atoms with Crippen molar-refractivity contribution in [3.63, 3.8) is 0 Å². The maximum absolute atomic E-state index is 12.5. The van der Waals surface area contributed by atoms with Gasteiger partial charge in [0.2, 0.25) is 0 Å². The van der Waals surface area contributed by atoms with E-state index >= 15 is 0 Å². The fourth-order valence-electron chi connectivity index (χ4n) is 2.75. The lowest BCUT2D eigenvalue weighted by molar-refractivity contribution is 0.782. The Hall–Kier alpha value is -2.16. The van der Waals surface area contributed by atoms with E-state index in [1.807, 2.05) is 24.5 Å². The summed E-state index contributed by atoms with van der Waals surface area (Å²) in [5, 5.41) is 1.50. The first kappa shape index (κ1) is 11.9. The molecular formula is C16H16N2O. The minimum atomic E-state index is 0.103. The highest BCUT2D eigenvalue weighted by atomic mass is 16.1. The second-order valence-electron chi connectivity index (χ2n) is 5.04. The lowest BCUT2D eigenvalue weighted by Crippen LogP contribution is -2.25. The zero-order valence-electron chi connectivity index (χ0n) is 11.3. The van der Waals surface area contributed by atoms with Crippen LogP contribution in [0.4, 0.5) is 0 Å². The van der Waals surface area contributed by atoms with Crippen molar-refractivity contribution in [2.45, 2.75) is 26.8 Å². The molecule has 19 heavy (non-hydrogen) atoms. The molecule has 0 unspecified atom stereocenters. The smallest absolute Gasteiger partial charge is 0.254 e. The first-order chi connectivity index (χ1) is 9.02. The number of nitrogens with zero attached hydrogens (tertiary/aromatic N) is 2. The molecule has 0 spiro atoms. The van der Waals surface area contributed by atoms with Gasteiger partial charge in [0.15, 0.2) is 0 Å². The molecule has 0 radical (unpaired) electrons. The van der Waals surface area contributed by atoms with Crippen LogP contribution in [0.2, 0.25) is 0 Å². The van der Waals surface area contributed by atoms with Gasteiger partial charge in [0.25, 0.3) is 5.56 Å². The van der Waals surface area contributed by atoms with Crippen LogP contribution in [0.5, 0.6) is 0 Å². The third-order valence-corrected chi connectivity index (χ3v) is 3.82. The SMILES string of the molecule is C=c1cc2c(nc1=C)-c1cc(C)c(CC)c(=O)n1C2. The van der Waals surface area contributed by atoms with Gasteiger partial charge in [-0.1, -0.05) is 20.1 Å². The van der Waals surface area contributed by atoms with Gasteiger partial charge in [0.05, 0.1) is 23.3 Å². The number of aromatic nitrogens is 2. The molecule has 3 heterocycles. The summed E-state index contributed by atoms with van der Waals surface area (Å²) in [6, 6.07) is 4.04. The van der Waals surface area contributed by atoms with Crippen molar-refractivity contribution in [1.29, 1.82) is 0 Å². The van der Waals surface area contributed by atoms with Gasteiger partial charge in [-0.05, 0) is 36.3 Å². The molecule has 0 atom stereocenters. The fourth-order valence-corrected chi connectivity index (χ4v) is 2.75. The number of pyridine rings is 2. The minimum absolute atomic E-state index is 0.103. The van der Waals surface area contributed by atoms with Crippen LogP contribution in [-0.2, 0) is 13.0 Å². The van der Waals surface area contributed by atoms with Crippen LogP contribution in [0.15, 0.2) is 16.9 Å². The molecule has 3 rings (SSSR count). The normalized spacial score (nSPS) is 12.3. The lowest BCUT2D eigenvalue weighted by Gasteiger charge is -2.08. The molecule has 0 aromatic carbocycles. The average Bonchev–Trinajstić information content (AvgIpc) is 2.69. The van der Waals surface area contributed by atoms with Crippen LogP contribution in [-0.4, -0.2) is 9.55 Å². The molecule has 3 heteroatoms. The van der Waals surface area contributed by atoms with Crippen LogP contribution in [0.25, 0.3) is 24.5 Å². The Morgan fingerprint density at radius 3 is 2.79 bits per heavy atom. The van der Waals surface area contributed by atoms with Crippen molar-refractivity contribution >= 4 is 13.2 Å². The Morgan fingerprint density at radius 2 is 2.11 bits per heavy atom. The van der Waals surface area contributed by atoms with Crippen LogP contribution < -0.4 is 16.1 Å². The van der Waals surface area contributed by atoms with Gasteiger partial charge in [-0.15, -0.1) is 0 Å². The number of aryl methyl sites for hydroxylation is 1. The zero-order chi connectivity index (χ0) is 13.7. The van der Waals surface area contributed by atoms with E-state index in [1.165, 1.54) is 0 Å². The van der Waals surface area contributed by atoms with Crippen LogP contribution in [0, 0.1) is 6.92 Å². The Labute approximate surface area is 111 Å². The summed E-state index contributed by atoms with van der Waals surface area (Å²) < 4.78 is 1.81. The van der Waals surface area contributed by atoms with Gasteiger partial charge in [0, 0.05) is 11.1 Å². The number of hydrogen-bond acceptors (Lipinski definition) is 2. The fraction of sp³-hybridized carbons (Fsp3) is 0.250. The summed E-state index contributed by atoms with van der Waals surface area (Å²) in [5.41, 5.74) is 4.87. The largest absolute Gasteiger partial charge is 0.302 e. The lowest BCUT2D eigenvalue weighted by atomic mass is 10.1. The molecule has 1 aliphatic rings. The summed E-state index contributed by atoms with van der Waals surface area (Å²) in [6.45, 7) is 12.4.